The van der Waals surface area contributed by atoms with Crippen LogP contribution in [0, 0.1) is 5.92 Å². The monoisotopic (exact) mass is 240 g/mol. The van der Waals surface area contributed by atoms with Crippen LogP contribution in [0.15, 0.2) is 17.5 Å². The van der Waals surface area contributed by atoms with E-state index in [9.17, 15) is 0 Å². The van der Waals surface area contributed by atoms with Gasteiger partial charge in [-0.2, -0.15) is 0 Å². The Hall–Kier alpha value is -0.380. The SMILES string of the molecule is CCC(CN)CCN(CC)Cc1cccs1. The normalized spacial score (nSPS) is 13.2. The Kier molecular flexibility index (Phi) is 6.69. The van der Waals surface area contributed by atoms with E-state index in [0.29, 0.717) is 5.92 Å². The molecule has 2 nitrogen and oxygen atoms in total. The molecule has 0 radical (unpaired) electrons. The van der Waals surface area contributed by atoms with Crippen LogP contribution >= 0.6 is 11.3 Å². The van der Waals surface area contributed by atoms with Gasteiger partial charge in [-0.15, -0.1) is 11.3 Å². The molecule has 92 valence electrons. The van der Waals surface area contributed by atoms with Gasteiger partial charge in [-0.25, -0.2) is 0 Å². The Balaban J connectivity index is 2.31. The Morgan fingerprint density at radius 2 is 2.25 bits per heavy atom. The van der Waals surface area contributed by atoms with Gasteiger partial charge in [0, 0.05) is 11.4 Å². The van der Waals surface area contributed by atoms with E-state index in [2.05, 4.69) is 36.3 Å². The van der Waals surface area contributed by atoms with Gasteiger partial charge in [-0.05, 0) is 43.4 Å². The smallest absolute Gasteiger partial charge is 0.0327 e. The molecule has 1 rings (SSSR count). The number of hydrogen-bond donors (Lipinski definition) is 1. The van der Waals surface area contributed by atoms with Crippen molar-refractivity contribution in [3.05, 3.63) is 22.4 Å². The van der Waals surface area contributed by atoms with Crippen molar-refractivity contribution in [3.63, 3.8) is 0 Å². The predicted octanol–water partition coefficient (Wildman–Crippen LogP) is 2.95. The Labute approximate surface area is 103 Å². The van der Waals surface area contributed by atoms with Crippen LogP contribution in [-0.2, 0) is 6.54 Å². The van der Waals surface area contributed by atoms with Crippen molar-refractivity contribution in [1.82, 2.24) is 4.90 Å². The summed E-state index contributed by atoms with van der Waals surface area (Å²) in [7, 11) is 0. The van der Waals surface area contributed by atoms with Gasteiger partial charge in [0.25, 0.3) is 0 Å². The summed E-state index contributed by atoms with van der Waals surface area (Å²) in [4.78, 5) is 3.96. The van der Waals surface area contributed by atoms with Crippen molar-refractivity contribution in [2.45, 2.75) is 33.2 Å². The molecule has 0 aliphatic heterocycles. The second-order valence-electron chi connectivity index (χ2n) is 4.25. The zero-order valence-corrected chi connectivity index (χ0v) is 11.3. The molecule has 1 heterocycles. The first-order valence-corrected chi connectivity index (χ1v) is 7.12. The molecule has 1 atom stereocenters. The maximum absolute atomic E-state index is 5.73. The van der Waals surface area contributed by atoms with Gasteiger partial charge in [-0.1, -0.05) is 26.3 Å². The molecule has 0 saturated heterocycles. The molecule has 0 aliphatic carbocycles. The zero-order chi connectivity index (χ0) is 11.8. The highest BCUT2D eigenvalue weighted by Gasteiger charge is 2.08. The maximum Gasteiger partial charge on any atom is 0.0327 e. The van der Waals surface area contributed by atoms with Crippen LogP contribution in [0.1, 0.15) is 31.6 Å². The molecule has 16 heavy (non-hydrogen) atoms. The molecule has 0 fully saturated rings. The number of hydrogen-bond acceptors (Lipinski definition) is 3. The van der Waals surface area contributed by atoms with Crippen molar-refractivity contribution in [2.75, 3.05) is 19.6 Å². The van der Waals surface area contributed by atoms with Gasteiger partial charge in [0.05, 0.1) is 0 Å². The van der Waals surface area contributed by atoms with E-state index in [1.165, 1.54) is 24.3 Å². The number of nitrogens with zero attached hydrogens (tertiary/aromatic N) is 1. The summed E-state index contributed by atoms with van der Waals surface area (Å²) in [5.74, 6) is 0.692. The number of rotatable bonds is 8. The molecule has 0 saturated carbocycles. The van der Waals surface area contributed by atoms with E-state index in [-0.39, 0.29) is 0 Å². The lowest BCUT2D eigenvalue weighted by Gasteiger charge is -2.22. The summed E-state index contributed by atoms with van der Waals surface area (Å²) in [5.41, 5.74) is 5.73. The zero-order valence-electron chi connectivity index (χ0n) is 10.5. The first-order valence-electron chi connectivity index (χ1n) is 6.24. The van der Waals surface area contributed by atoms with Crippen molar-refractivity contribution < 1.29 is 0 Å². The molecular weight excluding hydrogens is 216 g/mol. The van der Waals surface area contributed by atoms with Crippen LogP contribution < -0.4 is 5.73 Å². The topological polar surface area (TPSA) is 29.3 Å². The van der Waals surface area contributed by atoms with E-state index in [1.807, 2.05) is 11.3 Å². The van der Waals surface area contributed by atoms with Crippen LogP contribution in [0.2, 0.25) is 0 Å². The minimum absolute atomic E-state index is 0.692. The third-order valence-electron chi connectivity index (χ3n) is 3.17. The Bertz CT molecular complexity index is 255. The summed E-state index contributed by atoms with van der Waals surface area (Å²) >= 11 is 1.85. The lowest BCUT2D eigenvalue weighted by atomic mass is 10.0. The minimum Gasteiger partial charge on any atom is -0.330 e. The summed E-state index contributed by atoms with van der Waals surface area (Å²) in [5, 5.41) is 2.15. The van der Waals surface area contributed by atoms with Crippen molar-refractivity contribution in [2.24, 2.45) is 11.7 Å². The Morgan fingerprint density at radius 1 is 1.44 bits per heavy atom. The molecule has 3 heteroatoms. The molecule has 0 bridgehead atoms. The molecule has 0 spiro atoms. The average Bonchev–Trinajstić information content (AvgIpc) is 2.81. The van der Waals surface area contributed by atoms with E-state index >= 15 is 0 Å². The van der Waals surface area contributed by atoms with E-state index in [4.69, 9.17) is 5.73 Å². The lowest BCUT2D eigenvalue weighted by molar-refractivity contribution is 0.256. The Morgan fingerprint density at radius 3 is 2.75 bits per heavy atom. The van der Waals surface area contributed by atoms with Crippen LogP contribution in [0.3, 0.4) is 0 Å². The molecule has 0 aliphatic rings. The van der Waals surface area contributed by atoms with Crippen molar-refractivity contribution >= 4 is 11.3 Å². The predicted molar refractivity (Wildman–Crippen MR) is 72.7 cm³/mol. The summed E-state index contributed by atoms with van der Waals surface area (Å²) < 4.78 is 0. The van der Waals surface area contributed by atoms with Gasteiger partial charge >= 0.3 is 0 Å². The highest BCUT2D eigenvalue weighted by molar-refractivity contribution is 7.09. The van der Waals surface area contributed by atoms with Crippen LogP contribution in [0.4, 0.5) is 0 Å². The van der Waals surface area contributed by atoms with Gasteiger partial charge in [-0.3, -0.25) is 4.90 Å². The van der Waals surface area contributed by atoms with Crippen LogP contribution in [-0.4, -0.2) is 24.5 Å². The third kappa shape index (κ3) is 4.64. The van der Waals surface area contributed by atoms with Crippen molar-refractivity contribution in [3.8, 4) is 0 Å². The molecule has 1 aromatic rings. The lowest BCUT2D eigenvalue weighted by Crippen LogP contribution is -2.27. The van der Waals surface area contributed by atoms with E-state index in [0.717, 1.165) is 19.6 Å². The minimum atomic E-state index is 0.692. The van der Waals surface area contributed by atoms with E-state index in [1.54, 1.807) is 0 Å². The van der Waals surface area contributed by atoms with Crippen LogP contribution in [0.25, 0.3) is 0 Å². The fraction of sp³-hybridized carbons (Fsp3) is 0.692. The van der Waals surface area contributed by atoms with Gasteiger partial charge in [0.15, 0.2) is 0 Å². The van der Waals surface area contributed by atoms with Gasteiger partial charge < -0.3 is 5.73 Å². The van der Waals surface area contributed by atoms with Crippen molar-refractivity contribution in [1.29, 1.82) is 0 Å². The number of nitrogens with two attached hydrogens (primary N) is 1. The second-order valence-corrected chi connectivity index (χ2v) is 5.28. The fourth-order valence-electron chi connectivity index (χ4n) is 1.83. The van der Waals surface area contributed by atoms with Crippen LogP contribution in [0.5, 0.6) is 0 Å². The average molecular weight is 240 g/mol. The summed E-state index contributed by atoms with van der Waals surface area (Å²) in [6.45, 7) is 8.68. The van der Waals surface area contributed by atoms with Gasteiger partial charge in [0.2, 0.25) is 0 Å². The number of thiophene rings is 1. The maximum atomic E-state index is 5.73. The fourth-order valence-corrected chi connectivity index (χ4v) is 2.57. The highest BCUT2D eigenvalue weighted by atomic mass is 32.1. The summed E-state index contributed by atoms with van der Waals surface area (Å²) in [6, 6.07) is 4.34. The van der Waals surface area contributed by atoms with E-state index < -0.39 is 0 Å². The molecule has 0 amide bonds. The molecular formula is C13H24N2S. The summed E-state index contributed by atoms with van der Waals surface area (Å²) in [6.07, 6.45) is 2.43. The highest BCUT2D eigenvalue weighted by Crippen LogP contribution is 2.13. The standard InChI is InChI=1S/C13H24N2S/c1-3-12(10-14)7-8-15(4-2)11-13-6-5-9-16-13/h5-6,9,12H,3-4,7-8,10-11,14H2,1-2H3. The molecule has 0 aromatic carbocycles. The largest absolute Gasteiger partial charge is 0.330 e. The first-order chi connectivity index (χ1) is 7.80. The molecule has 1 unspecified atom stereocenters. The first kappa shape index (κ1) is 13.7. The quantitative estimate of drug-likeness (QED) is 0.757. The second kappa shape index (κ2) is 7.82. The molecule has 1 aromatic heterocycles. The molecule has 2 N–H and O–H groups in total. The van der Waals surface area contributed by atoms with Gasteiger partial charge in [0.1, 0.15) is 0 Å². The third-order valence-corrected chi connectivity index (χ3v) is 4.03.